The lowest BCUT2D eigenvalue weighted by Crippen LogP contribution is -2.50. The molecule has 0 saturated carbocycles. The maximum absolute atomic E-state index is 13.4. The van der Waals surface area contributed by atoms with Gasteiger partial charge in [-0.05, 0) is 62.5 Å². The summed E-state index contributed by atoms with van der Waals surface area (Å²) in [6.45, 7) is 4.86. The molecule has 0 radical (unpaired) electrons. The van der Waals surface area contributed by atoms with Gasteiger partial charge in [0.1, 0.15) is 12.3 Å². The van der Waals surface area contributed by atoms with Gasteiger partial charge in [0.2, 0.25) is 5.91 Å². The number of rotatable bonds is 7. The largest absolute Gasteiger partial charge is 0.494 e. The van der Waals surface area contributed by atoms with Crippen molar-refractivity contribution in [1.82, 2.24) is 9.80 Å². The van der Waals surface area contributed by atoms with Crippen molar-refractivity contribution in [1.29, 1.82) is 0 Å². The summed E-state index contributed by atoms with van der Waals surface area (Å²) in [7, 11) is -1.92. The van der Waals surface area contributed by atoms with Gasteiger partial charge in [0.25, 0.3) is 10.0 Å². The van der Waals surface area contributed by atoms with Gasteiger partial charge in [-0.25, -0.2) is 8.42 Å². The third-order valence-electron chi connectivity index (χ3n) is 4.97. The summed E-state index contributed by atoms with van der Waals surface area (Å²) in [5, 5.41) is 0. The molecule has 1 heterocycles. The molecule has 0 N–H and O–H groups in total. The second kappa shape index (κ2) is 9.80. The standard InChI is InChI=1S/C21H26BrN3O4S/c1-3-29-19-8-6-18(7-9-19)25(16-21(26)24-14-12-23(2)13-15-24)30(27,28)20-10-4-17(22)5-11-20/h4-11H,3,12-16H2,1-2H3. The number of piperazine rings is 1. The lowest BCUT2D eigenvalue weighted by molar-refractivity contribution is -0.131. The summed E-state index contributed by atoms with van der Waals surface area (Å²) in [6.07, 6.45) is 0. The van der Waals surface area contributed by atoms with Crippen molar-refractivity contribution in [2.75, 3.05) is 50.7 Å². The van der Waals surface area contributed by atoms with Gasteiger partial charge in [-0.2, -0.15) is 0 Å². The van der Waals surface area contributed by atoms with E-state index in [1.54, 1.807) is 41.3 Å². The van der Waals surface area contributed by atoms with Crippen LogP contribution in [0.5, 0.6) is 5.75 Å². The Bertz CT molecular complexity index is 957. The highest BCUT2D eigenvalue weighted by Gasteiger charge is 2.30. The quantitative estimate of drug-likeness (QED) is 0.590. The number of halogens is 1. The van der Waals surface area contributed by atoms with E-state index in [2.05, 4.69) is 20.8 Å². The zero-order valence-corrected chi connectivity index (χ0v) is 19.5. The second-order valence-electron chi connectivity index (χ2n) is 7.08. The van der Waals surface area contributed by atoms with Crippen LogP contribution in [-0.2, 0) is 14.8 Å². The highest BCUT2D eigenvalue weighted by Crippen LogP contribution is 2.27. The molecule has 1 fully saturated rings. The van der Waals surface area contributed by atoms with Gasteiger partial charge in [0, 0.05) is 30.7 Å². The number of nitrogens with zero attached hydrogens (tertiary/aromatic N) is 3. The second-order valence-corrected chi connectivity index (χ2v) is 9.85. The lowest BCUT2D eigenvalue weighted by atomic mass is 10.3. The van der Waals surface area contributed by atoms with Crippen LogP contribution < -0.4 is 9.04 Å². The molecule has 0 bridgehead atoms. The molecule has 0 aliphatic carbocycles. The Kier molecular flexibility index (Phi) is 7.38. The SMILES string of the molecule is CCOc1ccc(N(CC(=O)N2CCN(C)CC2)S(=O)(=O)c2ccc(Br)cc2)cc1. The molecule has 0 spiro atoms. The van der Waals surface area contributed by atoms with Crippen molar-refractivity contribution < 1.29 is 17.9 Å². The minimum Gasteiger partial charge on any atom is -0.494 e. The minimum absolute atomic E-state index is 0.130. The van der Waals surface area contributed by atoms with E-state index in [4.69, 9.17) is 4.74 Å². The van der Waals surface area contributed by atoms with E-state index < -0.39 is 10.0 Å². The first-order valence-electron chi connectivity index (χ1n) is 9.78. The molecule has 9 heteroatoms. The third kappa shape index (κ3) is 5.33. The molecule has 0 unspecified atom stereocenters. The number of hydrogen-bond acceptors (Lipinski definition) is 5. The summed E-state index contributed by atoms with van der Waals surface area (Å²) in [6, 6.07) is 13.2. The third-order valence-corrected chi connectivity index (χ3v) is 7.29. The van der Waals surface area contributed by atoms with E-state index in [-0.39, 0.29) is 17.3 Å². The summed E-state index contributed by atoms with van der Waals surface area (Å²) in [4.78, 5) is 17.0. The van der Waals surface area contributed by atoms with Crippen LogP contribution in [0.1, 0.15) is 6.92 Å². The van der Waals surface area contributed by atoms with E-state index in [0.717, 1.165) is 17.6 Å². The van der Waals surface area contributed by atoms with Gasteiger partial charge in [0.15, 0.2) is 0 Å². The molecule has 1 amide bonds. The molecule has 2 aromatic carbocycles. The van der Waals surface area contributed by atoms with Gasteiger partial charge in [0.05, 0.1) is 17.2 Å². The fourth-order valence-electron chi connectivity index (χ4n) is 3.20. The van der Waals surface area contributed by atoms with Crippen molar-refractivity contribution in [3.8, 4) is 5.75 Å². The minimum atomic E-state index is -3.93. The Morgan fingerprint density at radius 1 is 1.03 bits per heavy atom. The van der Waals surface area contributed by atoms with E-state index >= 15 is 0 Å². The van der Waals surface area contributed by atoms with E-state index in [1.165, 1.54) is 16.4 Å². The highest BCUT2D eigenvalue weighted by atomic mass is 79.9. The molecule has 7 nitrogen and oxygen atoms in total. The number of benzene rings is 2. The fourth-order valence-corrected chi connectivity index (χ4v) is 4.88. The first-order valence-corrected chi connectivity index (χ1v) is 12.0. The van der Waals surface area contributed by atoms with Crippen LogP contribution in [0.4, 0.5) is 5.69 Å². The van der Waals surface area contributed by atoms with Crippen LogP contribution in [0.3, 0.4) is 0 Å². The van der Waals surface area contributed by atoms with Crippen LogP contribution in [0.2, 0.25) is 0 Å². The maximum Gasteiger partial charge on any atom is 0.264 e. The number of sulfonamides is 1. The van der Waals surface area contributed by atoms with Crippen LogP contribution in [-0.4, -0.2) is 70.5 Å². The fraction of sp³-hybridized carbons (Fsp3) is 0.381. The topological polar surface area (TPSA) is 70.2 Å². The number of carbonyl (C=O) groups is 1. The smallest absolute Gasteiger partial charge is 0.264 e. The normalized spacial score (nSPS) is 15.1. The monoisotopic (exact) mass is 495 g/mol. The molecule has 1 aliphatic rings. The summed E-state index contributed by atoms with van der Waals surface area (Å²) >= 11 is 3.33. The Morgan fingerprint density at radius 3 is 2.20 bits per heavy atom. The average molecular weight is 496 g/mol. The van der Waals surface area contributed by atoms with Gasteiger partial charge >= 0.3 is 0 Å². The molecule has 1 saturated heterocycles. The Morgan fingerprint density at radius 2 is 1.63 bits per heavy atom. The molecule has 30 heavy (non-hydrogen) atoms. The van der Waals surface area contributed by atoms with Crippen LogP contribution in [0, 0.1) is 0 Å². The Labute approximate surface area is 186 Å². The van der Waals surface area contributed by atoms with Gasteiger partial charge < -0.3 is 14.5 Å². The first-order chi connectivity index (χ1) is 14.3. The average Bonchev–Trinajstić information content (AvgIpc) is 2.73. The number of carbonyl (C=O) groups excluding carboxylic acids is 1. The molecule has 0 atom stereocenters. The number of anilines is 1. The number of amides is 1. The summed E-state index contributed by atoms with van der Waals surface area (Å²) < 4.78 is 34.3. The van der Waals surface area contributed by atoms with E-state index in [1.807, 2.05) is 14.0 Å². The number of ether oxygens (including phenoxy) is 1. The van der Waals surface area contributed by atoms with Crippen molar-refractivity contribution in [3.05, 3.63) is 53.0 Å². The predicted octanol–water partition coefficient (Wildman–Crippen LogP) is 2.82. The molecular weight excluding hydrogens is 470 g/mol. The van der Waals surface area contributed by atoms with Crippen molar-refractivity contribution in [3.63, 3.8) is 0 Å². The van der Waals surface area contributed by atoms with E-state index in [9.17, 15) is 13.2 Å². The Balaban J connectivity index is 1.91. The molecule has 3 rings (SSSR count). The van der Waals surface area contributed by atoms with Gasteiger partial charge in [-0.15, -0.1) is 0 Å². The van der Waals surface area contributed by atoms with Gasteiger partial charge in [-0.3, -0.25) is 9.10 Å². The molecule has 2 aromatic rings. The van der Waals surface area contributed by atoms with Gasteiger partial charge in [-0.1, -0.05) is 15.9 Å². The number of likely N-dealkylation sites (N-methyl/N-ethyl adjacent to an activating group) is 1. The molecular formula is C21H26BrN3O4S. The molecule has 1 aliphatic heterocycles. The molecule has 0 aromatic heterocycles. The van der Waals surface area contributed by atoms with Crippen molar-refractivity contribution in [2.45, 2.75) is 11.8 Å². The highest BCUT2D eigenvalue weighted by molar-refractivity contribution is 9.10. The number of hydrogen-bond donors (Lipinski definition) is 0. The lowest BCUT2D eigenvalue weighted by Gasteiger charge is -2.34. The Hall–Kier alpha value is -2.10. The zero-order chi connectivity index (χ0) is 21.7. The summed E-state index contributed by atoms with van der Waals surface area (Å²) in [5.74, 6) is 0.435. The van der Waals surface area contributed by atoms with Crippen LogP contribution in [0.15, 0.2) is 57.9 Å². The maximum atomic E-state index is 13.4. The van der Waals surface area contributed by atoms with Crippen molar-refractivity contribution in [2.24, 2.45) is 0 Å². The predicted molar refractivity (Wildman–Crippen MR) is 120 cm³/mol. The zero-order valence-electron chi connectivity index (χ0n) is 17.1. The van der Waals surface area contributed by atoms with Crippen LogP contribution in [0.25, 0.3) is 0 Å². The summed E-state index contributed by atoms with van der Waals surface area (Å²) in [5.41, 5.74) is 0.420. The first kappa shape index (κ1) is 22.6. The van der Waals surface area contributed by atoms with Crippen molar-refractivity contribution >= 4 is 37.5 Å². The van der Waals surface area contributed by atoms with Crippen LogP contribution >= 0.6 is 15.9 Å². The van der Waals surface area contributed by atoms with E-state index in [0.29, 0.717) is 31.1 Å². The molecule has 162 valence electrons.